The summed E-state index contributed by atoms with van der Waals surface area (Å²) >= 11 is 0. The Kier molecular flexibility index (Phi) is 6.60. The zero-order valence-corrected chi connectivity index (χ0v) is 21.6. The van der Waals surface area contributed by atoms with Gasteiger partial charge in [0.2, 0.25) is 20.0 Å². The highest BCUT2D eigenvalue weighted by atomic mass is 32.2. The van der Waals surface area contributed by atoms with E-state index in [-0.39, 0.29) is 45.1 Å². The van der Waals surface area contributed by atoms with E-state index < -0.39 is 31.6 Å². The number of rotatable bonds is 8. The van der Waals surface area contributed by atoms with Gasteiger partial charge in [0.1, 0.15) is 0 Å². The Bertz CT molecular complexity index is 1640. The molecule has 0 aromatic heterocycles. The van der Waals surface area contributed by atoms with Crippen LogP contribution in [0.15, 0.2) is 97.1 Å². The summed E-state index contributed by atoms with van der Waals surface area (Å²) in [5.41, 5.74) is 0.806. The van der Waals surface area contributed by atoms with Crippen LogP contribution in [0.25, 0.3) is 0 Å². The molecule has 4 aromatic rings. The van der Waals surface area contributed by atoms with Crippen molar-refractivity contribution in [2.75, 3.05) is 9.44 Å². The number of fused-ring (bicyclic) bond motifs is 2. The largest absolute Gasteiger partial charge is 0.289 e. The van der Waals surface area contributed by atoms with Crippen molar-refractivity contribution in [1.29, 1.82) is 0 Å². The first-order chi connectivity index (χ1) is 18.1. The lowest BCUT2D eigenvalue weighted by atomic mass is 9.82. The minimum absolute atomic E-state index is 0.0340. The van der Waals surface area contributed by atoms with Crippen LogP contribution in [0.5, 0.6) is 0 Å². The molecule has 0 heterocycles. The third-order valence-corrected chi connectivity index (χ3v) is 8.49. The van der Waals surface area contributed by atoms with Crippen LogP contribution < -0.4 is 9.44 Å². The predicted molar refractivity (Wildman–Crippen MR) is 145 cm³/mol. The molecule has 1 aliphatic rings. The molecule has 2 N–H and O–H groups in total. The minimum Gasteiger partial charge on any atom is -0.289 e. The van der Waals surface area contributed by atoms with Gasteiger partial charge in [-0.2, -0.15) is 0 Å². The highest BCUT2D eigenvalue weighted by molar-refractivity contribution is 7.92. The Morgan fingerprint density at radius 3 is 1.26 bits per heavy atom. The number of nitrogens with one attached hydrogen (secondary N) is 2. The van der Waals surface area contributed by atoms with Crippen molar-refractivity contribution in [1.82, 2.24) is 0 Å². The Morgan fingerprint density at radius 2 is 0.868 bits per heavy atom. The van der Waals surface area contributed by atoms with Gasteiger partial charge in [-0.1, -0.05) is 84.9 Å². The summed E-state index contributed by atoms with van der Waals surface area (Å²) in [7, 11) is -7.88. The zero-order valence-electron chi connectivity index (χ0n) is 19.9. The van der Waals surface area contributed by atoms with Crippen molar-refractivity contribution in [2.45, 2.75) is 11.5 Å². The van der Waals surface area contributed by atoms with Gasteiger partial charge in [-0.3, -0.25) is 19.0 Å². The molecule has 1 aliphatic carbocycles. The van der Waals surface area contributed by atoms with Gasteiger partial charge in [0.25, 0.3) is 0 Å². The van der Waals surface area contributed by atoms with E-state index in [9.17, 15) is 26.4 Å². The Morgan fingerprint density at radius 1 is 0.474 bits per heavy atom. The second kappa shape index (κ2) is 9.88. The number of ketones is 2. The molecular formula is C28H22N2O6S2. The molecule has 0 bridgehead atoms. The summed E-state index contributed by atoms with van der Waals surface area (Å²) in [6.07, 6.45) is 0. The van der Waals surface area contributed by atoms with E-state index in [1.54, 1.807) is 60.7 Å². The van der Waals surface area contributed by atoms with E-state index in [0.717, 1.165) is 0 Å². The quantitative estimate of drug-likeness (QED) is 0.298. The third-order valence-electron chi connectivity index (χ3n) is 6.00. The molecule has 0 amide bonds. The van der Waals surface area contributed by atoms with Crippen molar-refractivity contribution in [3.05, 3.63) is 130 Å². The van der Waals surface area contributed by atoms with Crippen LogP contribution in [0.3, 0.4) is 0 Å². The van der Waals surface area contributed by atoms with Crippen molar-refractivity contribution in [3.63, 3.8) is 0 Å². The zero-order chi connectivity index (χ0) is 26.9. The molecule has 0 unspecified atom stereocenters. The molecule has 0 spiro atoms. The van der Waals surface area contributed by atoms with Crippen LogP contribution in [-0.2, 0) is 31.6 Å². The van der Waals surface area contributed by atoms with E-state index in [2.05, 4.69) is 9.44 Å². The number of hydrogen-bond donors (Lipinski definition) is 2. The smallest absolute Gasteiger partial charge is 0.236 e. The lowest BCUT2D eigenvalue weighted by Crippen LogP contribution is -2.26. The summed E-state index contributed by atoms with van der Waals surface area (Å²) in [4.78, 5) is 27.1. The summed E-state index contributed by atoms with van der Waals surface area (Å²) in [6.45, 7) is 0. The summed E-state index contributed by atoms with van der Waals surface area (Å²) in [6, 6.07) is 25.7. The number of carbonyl (C=O) groups excluding carboxylic acids is 2. The van der Waals surface area contributed by atoms with Crippen LogP contribution in [0.4, 0.5) is 11.4 Å². The number of anilines is 2. The van der Waals surface area contributed by atoms with Crippen molar-refractivity contribution in [3.8, 4) is 0 Å². The molecular weight excluding hydrogens is 524 g/mol. The topological polar surface area (TPSA) is 126 Å². The summed E-state index contributed by atoms with van der Waals surface area (Å²) < 4.78 is 56.5. The highest BCUT2D eigenvalue weighted by Gasteiger charge is 2.35. The average Bonchev–Trinajstić information content (AvgIpc) is 2.87. The van der Waals surface area contributed by atoms with Gasteiger partial charge < -0.3 is 0 Å². The lowest BCUT2D eigenvalue weighted by molar-refractivity contribution is 0.0980. The minimum atomic E-state index is -3.94. The Labute approximate surface area is 220 Å². The van der Waals surface area contributed by atoms with E-state index in [1.807, 2.05) is 0 Å². The van der Waals surface area contributed by atoms with E-state index in [1.165, 1.54) is 36.4 Å². The van der Waals surface area contributed by atoms with Gasteiger partial charge in [0.05, 0.1) is 34.0 Å². The fraction of sp³-hybridized carbons (Fsp3) is 0.0714. The second-order valence-electron chi connectivity index (χ2n) is 8.81. The normalized spacial score (nSPS) is 12.9. The monoisotopic (exact) mass is 546 g/mol. The van der Waals surface area contributed by atoms with Crippen molar-refractivity contribution in [2.24, 2.45) is 0 Å². The Balaban J connectivity index is 1.51. The second-order valence-corrected chi connectivity index (χ2v) is 12.3. The lowest BCUT2D eigenvalue weighted by Gasteiger charge is -2.23. The average molecular weight is 547 g/mol. The molecule has 0 fully saturated rings. The van der Waals surface area contributed by atoms with Gasteiger partial charge in [0.15, 0.2) is 11.6 Å². The SMILES string of the molecule is O=C1c2cccc(NS(=O)(=O)Cc3ccccc3)c2C(=O)c2c(NS(=O)(=O)Cc3ccccc3)cccc21. The van der Waals surface area contributed by atoms with Crippen LogP contribution in [-0.4, -0.2) is 28.4 Å². The first-order valence-electron chi connectivity index (χ1n) is 11.6. The van der Waals surface area contributed by atoms with Gasteiger partial charge >= 0.3 is 0 Å². The van der Waals surface area contributed by atoms with Crippen LogP contribution in [0, 0.1) is 0 Å². The van der Waals surface area contributed by atoms with Gasteiger partial charge in [-0.05, 0) is 23.3 Å². The molecule has 0 atom stereocenters. The molecule has 192 valence electrons. The van der Waals surface area contributed by atoms with Crippen LogP contribution in [0.1, 0.15) is 43.0 Å². The first-order valence-corrected chi connectivity index (χ1v) is 14.9. The summed E-state index contributed by atoms with van der Waals surface area (Å²) in [5, 5.41) is 0. The predicted octanol–water partition coefficient (Wildman–Crippen LogP) is 4.35. The number of carbonyl (C=O) groups is 2. The molecule has 5 rings (SSSR count). The molecule has 10 heteroatoms. The fourth-order valence-electron chi connectivity index (χ4n) is 4.41. The molecule has 0 radical (unpaired) electrons. The Hall–Kier alpha value is -4.28. The maximum atomic E-state index is 13.8. The number of sulfonamides is 2. The standard InChI is InChI=1S/C28H22N2O6S2/c31-27-21-13-7-15-23(29-37(33,34)17-19-9-3-1-4-10-19)25(21)28(32)26-22(27)14-8-16-24(26)30-38(35,36)18-20-11-5-2-6-12-20/h1-16,29-30H,17-18H2. The van der Waals surface area contributed by atoms with Crippen LogP contribution in [0.2, 0.25) is 0 Å². The molecule has 0 saturated carbocycles. The van der Waals surface area contributed by atoms with E-state index >= 15 is 0 Å². The molecule has 8 nitrogen and oxygen atoms in total. The maximum Gasteiger partial charge on any atom is 0.236 e. The molecule has 0 aliphatic heterocycles. The van der Waals surface area contributed by atoms with E-state index in [4.69, 9.17) is 0 Å². The van der Waals surface area contributed by atoms with Crippen LogP contribution >= 0.6 is 0 Å². The van der Waals surface area contributed by atoms with E-state index in [0.29, 0.717) is 11.1 Å². The van der Waals surface area contributed by atoms with Crippen molar-refractivity contribution >= 4 is 43.0 Å². The molecule has 38 heavy (non-hydrogen) atoms. The number of hydrogen-bond acceptors (Lipinski definition) is 6. The molecule has 0 saturated heterocycles. The van der Waals surface area contributed by atoms with Crippen molar-refractivity contribution < 1.29 is 26.4 Å². The number of benzene rings is 4. The fourth-order valence-corrected chi connectivity index (χ4v) is 6.82. The van der Waals surface area contributed by atoms with Gasteiger partial charge in [-0.25, -0.2) is 16.8 Å². The van der Waals surface area contributed by atoms with Gasteiger partial charge in [-0.15, -0.1) is 0 Å². The third kappa shape index (κ3) is 5.22. The molecule has 4 aromatic carbocycles. The maximum absolute atomic E-state index is 13.8. The highest BCUT2D eigenvalue weighted by Crippen LogP contribution is 2.36. The first kappa shape index (κ1) is 25.4. The summed E-state index contributed by atoms with van der Waals surface area (Å²) in [5.74, 6) is -1.84. The van der Waals surface area contributed by atoms with Gasteiger partial charge in [0, 0.05) is 11.1 Å².